The summed E-state index contributed by atoms with van der Waals surface area (Å²) in [5.41, 5.74) is 5.10. The summed E-state index contributed by atoms with van der Waals surface area (Å²) in [6.07, 6.45) is 0.677. The summed E-state index contributed by atoms with van der Waals surface area (Å²) < 4.78 is 5.38. The molecule has 0 unspecified atom stereocenters. The third kappa shape index (κ3) is 5.12. The number of anilines is 1. The fraction of sp³-hybridized carbons (Fsp3) is 0.214. The molecule has 0 spiro atoms. The number of para-hydroxylation sites is 3. The van der Waals surface area contributed by atoms with Crippen LogP contribution < -0.4 is 15.6 Å². The second-order valence-corrected chi connectivity index (χ2v) is 8.39. The second-order valence-electron chi connectivity index (χ2n) is 8.39. The van der Waals surface area contributed by atoms with Crippen molar-refractivity contribution in [1.29, 1.82) is 0 Å². The zero-order chi connectivity index (χ0) is 24.1. The number of aromatic nitrogens is 1. The van der Waals surface area contributed by atoms with E-state index in [0.29, 0.717) is 30.0 Å². The molecule has 6 heteroatoms. The van der Waals surface area contributed by atoms with Gasteiger partial charge in [-0.2, -0.15) is 0 Å². The molecule has 6 nitrogen and oxygen atoms in total. The molecule has 4 rings (SSSR count). The number of benzene rings is 3. The van der Waals surface area contributed by atoms with E-state index < -0.39 is 0 Å². The number of aromatic amines is 1. The van der Waals surface area contributed by atoms with E-state index >= 15 is 0 Å². The normalized spacial score (nSPS) is 10.8. The third-order valence-electron chi connectivity index (χ3n) is 6.07. The van der Waals surface area contributed by atoms with Crippen LogP contribution in [0.4, 0.5) is 10.5 Å². The van der Waals surface area contributed by atoms with E-state index in [0.717, 1.165) is 16.5 Å². The number of aryl methyl sites for hydroxylation is 2. The quantitative estimate of drug-likeness (QED) is 0.390. The molecule has 174 valence electrons. The number of hydrogen-bond donors (Lipinski definition) is 2. The van der Waals surface area contributed by atoms with Gasteiger partial charge < -0.3 is 19.9 Å². The lowest BCUT2D eigenvalue weighted by Gasteiger charge is -2.24. The van der Waals surface area contributed by atoms with Crippen LogP contribution >= 0.6 is 0 Å². The minimum atomic E-state index is -0.290. The number of urea groups is 1. The van der Waals surface area contributed by atoms with Crippen molar-refractivity contribution in [2.24, 2.45) is 0 Å². The lowest BCUT2D eigenvalue weighted by atomic mass is 10.1. The van der Waals surface area contributed by atoms with E-state index in [1.54, 1.807) is 24.1 Å². The van der Waals surface area contributed by atoms with Crippen LogP contribution in [-0.4, -0.2) is 29.6 Å². The summed E-state index contributed by atoms with van der Waals surface area (Å²) in [5, 5.41) is 3.89. The Bertz CT molecular complexity index is 1380. The molecular formula is C28H29N3O3. The van der Waals surface area contributed by atoms with Gasteiger partial charge in [0, 0.05) is 12.1 Å². The number of fused-ring (bicyclic) bond motifs is 1. The number of nitrogens with zero attached hydrogens (tertiary/aromatic N) is 1. The lowest BCUT2D eigenvalue weighted by molar-refractivity contribution is 0.209. The maximum atomic E-state index is 13.4. The minimum absolute atomic E-state index is 0.187. The van der Waals surface area contributed by atoms with Crippen LogP contribution in [0.25, 0.3) is 10.9 Å². The highest BCUT2D eigenvalue weighted by Gasteiger charge is 2.18. The molecule has 0 aliphatic carbocycles. The number of carbonyl (C=O) groups is 1. The Morgan fingerprint density at radius 2 is 1.68 bits per heavy atom. The molecule has 0 fully saturated rings. The first-order chi connectivity index (χ1) is 16.5. The van der Waals surface area contributed by atoms with Gasteiger partial charge in [0.05, 0.1) is 24.9 Å². The summed E-state index contributed by atoms with van der Waals surface area (Å²) in [6.45, 7) is 4.67. The van der Waals surface area contributed by atoms with Gasteiger partial charge in [-0.05, 0) is 60.5 Å². The third-order valence-corrected chi connectivity index (χ3v) is 6.07. The Labute approximate surface area is 199 Å². The molecule has 0 saturated carbocycles. The van der Waals surface area contributed by atoms with Gasteiger partial charge >= 0.3 is 6.03 Å². The van der Waals surface area contributed by atoms with Crippen LogP contribution in [-0.2, 0) is 13.0 Å². The van der Waals surface area contributed by atoms with Crippen LogP contribution in [0.2, 0.25) is 0 Å². The molecule has 2 N–H and O–H groups in total. The topological polar surface area (TPSA) is 74.4 Å². The highest BCUT2D eigenvalue weighted by atomic mass is 16.5. The molecule has 0 aliphatic heterocycles. The summed E-state index contributed by atoms with van der Waals surface area (Å²) in [4.78, 5) is 30.9. The predicted octanol–water partition coefficient (Wildman–Crippen LogP) is 5.43. The maximum absolute atomic E-state index is 13.4. The number of methoxy groups -OCH3 is 1. The van der Waals surface area contributed by atoms with Crippen LogP contribution in [0.3, 0.4) is 0 Å². The number of nitrogens with one attached hydrogen (secondary N) is 2. The molecule has 34 heavy (non-hydrogen) atoms. The van der Waals surface area contributed by atoms with Gasteiger partial charge in [0.2, 0.25) is 0 Å². The number of pyridine rings is 1. The van der Waals surface area contributed by atoms with Gasteiger partial charge in [-0.15, -0.1) is 0 Å². The predicted molar refractivity (Wildman–Crippen MR) is 137 cm³/mol. The standard InChI is InChI=1S/C28H29N3O3/c1-19-9-4-5-11-21(19)15-16-31(28(33)29-24-13-6-7-14-25(24)34-3)18-23-17-22-12-8-10-20(2)26(22)30-27(23)32/h4-14,17H,15-16,18H2,1-3H3,(H,29,33)(H,30,32). The molecule has 3 aromatic carbocycles. The van der Waals surface area contributed by atoms with Crippen molar-refractivity contribution in [2.45, 2.75) is 26.8 Å². The molecule has 1 aromatic heterocycles. The van der Waals surface area contributed by atoms with Crippen LogP contribution in [0, 0.1) is 13.8 Å². The largest absolute Gasteiger partial charge is 0.495 e. The number of hydrogen-bond acceptors (Lipinski definition) is 3. The van der Waals surface area contributed by atoms with E-state index in [4.69, 9.17) is 4.74 Å². The number of ether oxygens (including phenoxy) is 1. The second kappa shape index (κ2) is 10.3. The first-order valence-electron chi connectivity index (χ1n) is 11.3. The number of amides is 2. The van der Waals surface area contributed by atoms with Crippen molar-refractivity contribution >= 4 is 22.6 Å². The molecule has 1 heterocycles. The molecular weight excluding hydrogens is 426 g/mol. The van der Waals surface area contributed by atoms with Crippen molar-refractivity contribution < 1.29 is 9.53 Å². The van der Waals surface area contributed by atoms with Crippen LogP contribution in [0.15, 0.2) is 77.6 Å². The molecule has 0 radical (unpaired) electrons. The van der Waals surface area contributed by atoms with Crippen molar-refractivity contribution in [3.63, 3.8) is 0 Å². The summed E-state index contributed by atoms with van der Waals surface area (Å²) in [7, 11) is 1.57. The summed E-state index contributed by atoms with van der Waals surface area (Å²) >= 11 is 0. The molecule has 0 atom stereocenters. The summed E-state index contributed by atoms with van der Waals surface area (Å²) in [5.74, 6) is 0.578. The van der Waals surface area contributed by atoms with Crippen molar-refractivity contribution in [3.8, 4) is 5.75 Å². The maximum Gasteiger partial charge on any atom is 0.322 e. The van der Waals surface area contributed by atoms with E-state index in [2.05, 4.69) is 29.4 Å². The van der Waals surface area contributed by atoms with Gasteiger partial charge in [0.15, 0.2) is 0 Å². The van der Waals surface area contributed by atoms with Crippen LogP contribution in [0.5, 0.6) is 5.75 Å². The first-order valence-corrected chi connectivity index (χ1v) is 11.3. The smallest absolute Gasteiger partial charge is 0.322 e. The SMILES string of the molecule is COc1ccccc1NC(=O)N(CCc1ccccc1C)Cc1cc2cccc(C)c2[nH]c1=O. The molecule has 2 amide bonds. The van der Waals surface area contributed by atoms with Gasteiger partial charge in [-0.1, -0.05) is 54.6 Å². The van der Waals surface area contributed by atoms with Crippen molar-refractivity contribution in [1.82, 2.24) is 9.88 Å². The Hall–Kier alpha value is -4.06. The zero-order valence-electron chi connectivity index (χ0n) is 19.7. The highest BCUT2D eigenvalue weighted by molar-refractivity contribution is 5.91. The first kappa shape index (κ1) is 23.1. The Morgan fingerprint density at radius 3 is 2.47 bits per heavy atom. The van der Waals surface area contributed by atoms with Gasteiger partial charge in [-0.25, -0.2) is 4.79 Å². The van der Waals surface area contributed by atoms with Gasteiger partial charge in [0.1, 0.15) is 5.75 Å². The van der Waals surface area contributed by atoms with Crippen LogP contribution in [0.1, 0.15) is 22.3 Å². The van der Waals surface area contributed by atoms with Gasteiger partial charge in [-0.3, -0.25) is 4.79 Å². The Morgan fingerprint density at radius 1 is 0.941 bits per heavy atom. The molecule has 0 aliphatic rings. The number of carbonyl (C=O) groups excluding carboxylic acids is 1. The molecule has 0 saturated heterocycles. The molecule has 0 bridgehead atoms. The average molecular weight is 456 g/mol. The monoisotopic (exact) mass is 455 g/mol. The van der Waals surface area contributed by atoms with E-state index in [-0.39, 0.29) is 18.1 Å². The van der Waals surface area contributed by atoms with Crippen molar-refractivity contribution in [3.05, 3.63) is 105 Å². The zero-order valence-corrected chi connectivity index (χ0v) is 19.7. The number of H-pyrrole nitrogens is 1. The molecule has 4 aromatic rings. The number of rotatable bonds is 7. The van der Waals surface area contributed by atoms with E-state index in [1.807, 2.05) is 55.5 Å². The fourth-order valence-electron chi connectivity index (χ4n) is 4.09. The fourth-order valence-corrected chi connectivity index (χ4v) is 4.09. The Balaban J connectivity index is 1.63. The van der Waals surface area contributed by atoms with Gasteiger partial charge in [0.25, 0.3) is 5.56 Å². The highest BCUT2D eigenvalue weighted by Crippen LogP contribution is 2.24. The van der Waals surface area contributed by atoms with E-state index in [9.17, 15) is 9.59 Å². The minimum Gasteiger partial charge on any atom is -0.495 e. The summed E-state index contributed by atoms with van der Waals surface area (Å²) in [6, 6.07) is 22.9. The average Bonchev–Trinajstić information content (AvgIpc) is 2.84. The lowest BCUT2D eigenvalue weighted by Crippen LogP contribution is -2.37. The Kier molecular flexibility index (Phi) is 6.97. The van der Waals surface area contributed by atoms with E-state index in [1.165, 1.54) is 11.1 Å². The van der Waals surface area contributed by atoms with Crippen molar-refractivity contribution in [2.75, 3.05) is 19.0 Å².